The third-order valence-electron chi connectivity index (χ3n) is 3.15. The minimum atomic E-state index is -0.735. The van der Waals surface area contributed by atoms with Crippen molar-refractivity contribution < 1.29 is 14.4 Å². The molecule has 0 radical (unpaired) electrons. The molecule has 1 atom stereocenters. The van der Waals surface area contributed by atoms with E-state index in [2.05, 4.69) is 5.32 Å². The van der Waals surface area contributed by atoms with Crippen molar-refractivity contribution in [1.29, 1.82) is 0 Å². The number of hydrogen-bond donors (Lipinski definition) is 2. The predicted octanol–water partition coefficient (Wildman–Crippen LogP) is -0.375. The highest BCUT2D eigenvalue weighted by atomic mass is 16.2. The maximum Gasteiger partial charge on any atom is 0.246 e. The Balaban J connectivity index is 2.58. The third-order valence-corrected chi connectivity index (χ3v) is 3.15. The molecular formula is C12H21N3O3. The summed E-state index contributed by atoms with van der Waals surface area (Å²) in [6, 6.07) is -0.525. The van der Waals surface area contributed by atoms with Crippen molar-refractivity contribution in [2.24, 2.45) is 11.1 Å². The van der Waals surface area contributed by atoms with E-state index in [0.29, 0.717) is 6.54 Å². The Kier molecular flexibility index (Phi) is 4.45. The molecule has 1 aliphatic heterocycles. The van der Waals surface area contributed by atoms with Gasteiger partial charge in [0.05, 0.1) is 17.9 Å². The number of nitrogens with zero attached hydrogens (tertiary/aromatic N) is 1. The zero-order valence-electron chi connectivity index (χ0n) is 11.2. The first kappa shape index (κ1) is 14.6. The number of hydrogen-bond acceptors (Lipinski definition) is 4. The van der Waals surface area contributed by atoms with Gasteiger partial charge in [-0.3, -0.25) is 19.3 Å². The fourth-order valence-electron chi connectivity index (χ4n) is 1.77. The highest BCUT2D eigenvalue weighted by Gasteiger charge is 2.38. The van der Waals surface area contributed by atoms with Gasteiger partial charge in [0, 0.05) is 13.1 Å². The number of likely N-dealkylation sites (tertiary alicyclic amines) is 1. The first-order valence-electron chi connectivity index (χ1n) is 6.17. The molecular weight excluding hydrogens is 234 g/mol. The number of amides is 3. The van der Waals surface area contributed by atoms with Crippen LogP contribution in [0.5, 0.6) is 0 Å². The van der Waals surface area contributed by atoms with E-state index in [-0.39, 0.29) is 24.8 Å². The molecule has 0 bridgehead atoms. The molecule has 1 aliphatic rings. The lowest BCUT2D eigenvalue weighted by Gasteiger charge is -2.23. The topological polar surface area (TPSA) is 92.5 Å². The zero-order valence-corrected chi connectivity index (χ0v) is 11.2. The SMILES string of the molecule is CCCN1C(=O)CC(NCC(C)(C)C(N)=O)C1=O. The minimum Gasteiger partial charge on any atom is -0.369 e. The number of primary amides is 1. The second-order valence-corrected chi connectivity index (χ2v) is 5.27. The normalized spacial score (nSPS) is 20.6. The van der Waals surface area contributed by atoms with Crippen LogP contribution in [0.3, 0.4) is 0 Å². The van der Waals surface area contributed by atoms with Crippen molar-refractivity contribution in [3.05, 3.63) is 0 Å². The van der Waals surface area contributed by atoms with Crippen molar-refractivity contribution in [2.75, 3.05) is 13.1 Å². The molecule has 3 N–H and O–H groups in total. The molecule has 0 saturated carbocycles. The Labute approximate surface area is 107 Å². The lowest BCUT2D eigenvalue weighted by Crippen LogP contribution is -2.46. The summed E-state index contributed by atoms with van der Waals surface area (Å²) in [5, 5.41) is 2.96. The molecule has 6 heteroatoms. The Morgan fingerprint density at radius 2 is 2.11 bits per heavy atom. The first-order valence-corrected chi connectivity index (χ1v) is 6.17. The number of carbonyl (C=O) groups excluding carboxylic acids is 3. The quantitative estimate of drug-likeness (QED) is 0.633. The molecule has 3 amide bonds. The molecule has 0 aromatic rings. The van der Waals surface area contributed by atoms with E-state index in [1.165, 1.54) is 4.90 Å². The number of imide groups is 1. The summed E-state index contributed by atoms with van der Waals surface area (Å²) in [7, 11) is 0. The van der Waals surface area contributed by atoms with Gasteiger partial charge < -0.3 is 11.1 Å². The fourth-order valence-corrected chi connectivity index (χ4v) is 1.77. The third kappa shape index (κ3) is 3.07. The van der Waals surface area contributed by atoms with Crippen molar-refractivity contribution in [1.82, 2.24) is 10.2 Å². The summed E-state index contributed by atoms with van der Waals surface area (Å²) in [5.41, 5.74) is 4.52. The Bertz CT molecular complexity index is 366. The highest BCUT2D eigenvalue weighted by molar-refractivity contribution is 6.05. The predicted molar refractivity (Wildman–Crippen MR) is 66.4 cm³/mol. The number of nitrogens with two attached hydrogens (primary N) is 1. The van der Waals surface area contributed by atoms with Crippen LogP contribution in [0.25, 0.3) is 0 Å². The Morgan fingerprint density at radius 3 is 2.61 bits per heavy atom. The van der Waals surface area contributed by atoms with E-state index in [1.54, 1.807) is 13.8 Å². The summed E-state index contributed by atoms with van der Waals surface area (Å²) < 4.78 is 0. The standard InChI is InChI=1S/C12H21N3O3/c1-4-5-15-9(16)6-8(10(15)17)14-7-12(2,3)11(13)18/h8,14H,4-7H2,1-3H3,(H2,13,18). The highest BCUT2D eigenvalue weighted by Crippen LogP contribution is 2.17. The van der Waals surface area contributed by atoms with Crippen molar-refractivity contribution in [3.63, 3.8) is 0 Å². The van der Waals surface area contributed by atoms with E-state index in [9.17, 15) is 14.4 Å². The van der Waals surface area contributed by atoms with Crippen LogP contribution < -0.4 is 11.1 Å². The van der Waals surface area contributed by atoms with E-state index < -0.39 is 17.4 Å². The fraction of sp³-hybridized carbons (Fsp3) is 0.750. The van der Waals surface area contributed by atoms with Crippen LogP contribution >= 0.6 is 0 Å². The summed E-state index contributed by atoms with van der Waals surface area (Å²) in [4.78, 5) is 36.0. The molecule has 0 aromatic heterocycles. The first-order chi connectivity index (χ1) is 8.29. The van der Waals surface area contributed by atoms with Crippen LogP contribution in [0, 0.1) is 5.41 Å². The summed E-state index contributed by atoms with van der Waals surface area (Å²) in [6.45, 7) is 6.05. The summed E-state index contributed by atoms with van der Waals surface area (Å²) in [6.07, 6.45) is 0.907. The minimum absolute atomic E-state index is 0.156. The molecule has 1 heterocycles. The van der Waals surface area contributed by atoms with Crippen molar-refractivity contribution in [3.8, 4) is 0 Å². The summed E-state index contributed by atoms with van der Waals surface area (Å²) >= 11 is 0. The van der Waals surface area contributed by atoms with Gasteiger partial charge in [-0.15, -0.1) is 0 Å². The van der Waals surface area contributed by atoms with E-state index in [4.69, 9.17) is 5.73 Å². The molecule has 0 aliphatic carbocycles. The van der Waals surface area contributed by atoms with Gasteiger partial charge in [0.25, 0.3) is 0 Å². The second kappa shape index (κ2) is 5.48. The number of carbonyl (C=O) groups is 3. The number of rotatable bonds is 6. The van der Waals surface area contributed by atoms with E-state index >= 15 is 0 Å². The van der Waals surface area contributed by atoms with Gasteiger partial charge in [0.1, 0.15) is 0 Å². The zero-order chi connectivity index (χ0) is 13.9. The van der Waals surface area contributed by atoms with Crippen LogP contribution in [0.2, 0.25) is 0 Å². The molecule has 0 aromatic carbocycles. The van der Waals surface area contributed by atoms with Crippen molar-refractivity contribution in [2.45, 2.75) is 39.7 Å². The maximum atomic E-state index is 11.9. The van der Waals surface area contributed by atoms with Gasteiger partial charge in [-0.05, 0) is 20.3 Å². The molecule has 18 heavy (non-hydrogen) atoms. The average molecular weight is 255 g/mol. The molecule has 102 valence electrons. The van der Waals surface area contributed by atoms with Crippen LogP contribution in [0.1, 0.15) is 33.6 Å². The lowest BCUT2D eigenvalue weighted by atomic mass is 9.92. The van der Waals surface area contributed by atoms with Crippen LogP contribution in [0.15, 0.2) is 0 Å². The van der Waals surface area contributed by atoms with Crippen LogP contribution in [-0.2, 0) is 14.4 Å². The second-order valence-electron chi connectivity index (χ2n) is 5.27. The maximum absolute atomic E-state index is 11.9. The van der Waals surface area contributed by atoms with Crippen molar-refractivity contribution >= 4 is 17.7 Å². The molecule has 6 nitrogen and oxygen atoms in total. The van der Waals surface area contributed by atoms with Crippen LogP contribution in [0.4, 0.5) is 0 Å². The van der Waals surface area contributed by atoms with Gasteiger partial charge >= 0.3 is 0 Å². The largest absolute Gasteiger partial charge is 0.369 e. The summed E-state index contributed by atoms with van der Waals surface area (Å²) in [5.74, 6) is -0.796. The van der Waals surface area contributed by atoms with E-state index in [0.717, 1.165) is 6.42 Å². The monoisotopic (exact) mass is 255 g/mol. The Morgan fingerprint density at radius 1 is 1.50 bits per heavy atom. The smallest absolute Gasteiger partial charge is 0.246 e. The molecule has 1 fully saturated rings. The molecule has 0 spiro atoms. The van der Waals surface area contributed by atoms with Gasteiger partial charge in [0.15, 0.2) is 0 Å². The molecule has 1 rings (SSSR count). The average Bonchev–Trinajstić information content (AvgIpc) is 2.54. The van der Waals surface area contributed by atoms with Crippen LogP contribution in [-0.4, -0.2) is 41.8 Å². The van der Waals surface area contributed by atoms with E-state index in [1.807, 2.05) is 6.92 Å². The number of nitrogens with one attached hydrogen (secondary N) is 1. The van der Waals surface area contributed by atoms with Gasteiger partial charge in [0.2, 0.25) is 17.7 Å². The molecule has 1 saturated heterocycles. The molecule has 1 unspecified atom stereocenters. The lowest BCUT2D eigenvalue weighted by molar-refractivity contribution is -0.139. The van der Waals surface area contributed by atoms with Gasteiger partial charge in [-0.25, -0.2) is 0 Å². The van der Waals surface area contributed by atoms with Gasteiger partial charge in [-0.2, -0.15) is 0 Å². The van der Waals surface area contributed by atoms with Gasteiger partial charge in [-0.1, -0.05) is 6.92 Å². The Hall–Kier alpha value is -1.43.